The van der Waals surface area contributed by atoms with Gasteiger partial charge in [-0.25, -0.2) is 4.68 Å². The molecule has 0 saturated heterocycles. The largest absolute Gasteiger partial charge is 0.394 e. The van der Waals surface area contributed by atoms with E-state index in [2.05, 4.69) is 26.3 Å². The summed E-state index contributed by atoms with van der Waals surface area (Å²) < 4.78 is 6.67. The zero-order valence-corrected chi connectivity index (χ0v) is 13.0. The summed E-state index contributed by atoms with van der Waals surface area (Å²) in [4.78, 5) is 12.0. The quantitative estimate of drug-likeness (QED) is 0.780. The van der Waals surface area contributed by atoms with Gasteiger partial charge in [-0.05, 0) is 21.8 Å². The molecular formula is C12H20BrN3O3. The van der Waals surface area contributed by atoms with Crippen molar-refractivity contribution in [2.45, 2.75) is 26.4 Å². The molecule has 0 fully saturated rings. The zero-order chi connectivity index (χ0) is 14.4. The minimum Gasteiger partial charge on any atom is -0.394 e. The van der Waals surface area contributed by atoms with Gasteiger partial charge in [-0.1, -0.05) is 13.8 Å². The Morgan fingerprint density at radius 2 is 2.26 bits per heavy atom. The number of ether oxygens (including phenoxy) is 1. The highest BCUT2D eigenvalue weighted by Crippen LogP contribution is 2.19. The maximum absolute atomic E-state index is 12.0. The van der Waals surface area contributed by atoms with Crippen molar-refractivity contribution in [2.75, 3.05) is 25.6 Å². The molecule has 0 spiro atoms. The summed E-state index contributed by atoms with van der Waals surface area (Å²) >= 11 is 3.27. The molecule has 2 N–H and O–H groups in total. The van der Waals surface area contributed by atoms with Gasteiger partial charge in [0.25, 0.3) is 5.56 Å². The number of rotatable bonds is 7. The molecule has 0 aliphatic carbocycles. The molecule has 1 atom stereocenters. The second kappa shape index (κ2) is 7.62. The summed E-state index contributed by atoms with van der Waals surface area (Å²) in [5.74, 6) is 0.243. The van der Waals surface area contributed by atoms with Crippen molar-refractivity contribution in [3.63, 3.8) is 0 Å². The fourth-order valence-electron chi connectivity index (χ4n) is 1.53. The van der Waals surface area contributed by atoms with Crippen molar-refractivity contribution in [2.24, 2.45) is 5.92 Å². The van der Waals surface area contributed by atoms with E-state index in [0.29, 0.717) is 23.3 Å². The SMILES string of the molecule is COCCn1ncc(N[C@H](CO)C(C)C)c(Br)c1=O. The molecule has 0 unspecified atom stereocenters. The molecule has 1 aromatic rings. The molecular weight excluding hydrogens is 314 g/mol. The summed E-state index contributed by atoms with van der Waals surface area (Å²) in [7, 11) is 1.57. The van der Waals surface area contributed by atoms with Crippen LogP contribution in [-0.4, -0.2) is 41.3 Å². The molecule has 0 aliphatic heterocycles. The Morgan fingerprint density at radius 1 is 1.58 bits per heavy atom. The second-order valence-electron chi connectivity index (χ2n) is 4.57. The summed E-state index contributed by atoms with van der Waals surface area (Å²) in [6.07, 6.45) is 1.58. The molecule has 0 saturated carbocycles. The van der Waals surface area contributed by atoms with E-state index in [0.717, 1.165) is 0 Å². The molecule has 6 nitrogen and oxygen atoms in total. The smallest absolute Gasteiger partial charge is 0.283 e. The Kier molecular flexibility index (Phi) is 6.47. The fraction of sp³-hybridized carbons (Fsp3) is 0.667. The third-order valence-corrected chi connectivity index (χ3v) is 3.60. The first-order valence-corrected chi connectivity index (χ1v) is 6.92. The van der Waals surface area contributed by atoms with E-state index in [4.69, 9.17) is 4.74 Å². The molecule has 0 amide bonds. The van der Waals surface area contributed by atoms with E-state index < -0.39 is 0 Å². The lowest BCUT2D eigenvalue weighted by atomic mass is 10.1. The fourth-order valence-corrected chi connectivity index (χ4v) is 1.95. The lowest BCUT2D eigenvalue weighted by molar-refractivity contribution is 0.181. The third kappa shape index (κ3) is 4.29. The number of anilines is 1. The van der Waals surface area contributed by atoms with E-state index in [1.54, 1.807) is 13.3 Å². The van der Waals surface area contributed by atoms with Gasteiger partial charge in [0.2, 0.25) is 0 Å². The van der Waals surface area contributed by atoms with Gasteiger partial charge in [0.1, 0.15) is 4.47 Å². The number of hydrogen-bond donors (Lipinski definition) is 2. The first kappa shape index (κ1) is 16.1. The van der Waals surface area contributed by atoms with Crippen LogP contribution < -0.4 is 10.9 Å². The molecule has 0 radical (unpaired) electrons. The van der Waals surface area contributed by atoms with Crippen LogP contribution in [0.3, 0.4) is 0 Å². The van der Waals surface area contributed by atoms with Crippen LogP contribution >= 0.6 is 15.9 Å². The monoisotopic (exact) mass is 333 g/mol. The average Bonchev–Trinajstić information content (AvgIpc) is 2.39. The number of nitrogens with one attached hydrogen (secondary N) is 1. The van der Waals surface area contributed by atoms with Crippen molar-refractivity contribution in [3.8, 4) is 0 Å². The molecule has 1 heterocycles. The standard InChI is InChI=1S/C12H20BrN3O3/c1-8(2)10(7-17)15-9-6-14-16(4-5-19-3)12(18)11(9)13/h6,8,10,15,17H,4-5,7H2,1-3H3/t10-/m1/s1. The molecule has 1 aromatic heterocycles. The Balaban J connectivity index is 2.93. The van der Waals surface area contributed by atoms with Crippen LogP contribution in [-0.2, 0) is 11.3 Å². The molecule has 7 heteroatoms. The van der Waals surface area contributed by atoms with Gasteiger partial charge in [0.05, 0.1) is 37.7 Å². The van der Waals surface area contributed by atoms with Crippen LogP contribution in [0, 0.1) is 5.92 Å². The molecule has 0 bridgehead atoms. The topological polar surface area (TPSA) is 76.4 Å². The van der Waals surface area contributed by atoms with Crippen LogP contribution in [0.2, 0.25) is 0 Å². The summed E-state index contributed by atoms with van der Waals surface area (Å²) in [5, 5.41) is 16.5. The number of aromatic nitrogens is 2. The van der Waals surface area contributed by atoms with Gasteiger partial charge in [0, 0.05) is 7.11 Å². The summed E-state index contributed by atoms with van der Waals surface area (Å²) in [6.45, 7) is 4.82. The van der Waals surface area contributed by atoms with Crippen LogP contribution in [0.4, 0.5) is 5.69 Å². The highest BCUT2D eigenvalue weighted by molar-refractivity contribution is 9.10. The van der Waals surface area contributed by atoms with Gasteiger partial charge < -0.3 is 15.2 Å². The number of aliphatic hydroxyl groups excluding tert-OH is 1. The third-order valence-electron chi connectivity index (χ3n) is 2.83. The van der Waals surface area contributed by atoms with Gasteiger partial charge in [-0.3, -0.25) is 4.79 Å². The average molecular weight is 334 g/mol. The van der Waals surface area contributed by atoms with Gasteiger partial charge in [-0.15, -0.1) is 0 Å². The van der Waals surface area contributed by atoms with Crippen molar-refractivity contribution in [1.82, 2.24) is 9.78 Å². The molecule has 0 aromatic carbocycles. The predicted molar refractivity (Wildman–Crippen MR) is 77.4 cm³/mol. The lowest BCUT2D eigenvalue weighted by Gasteiger charge is -2.21. The number of hydrogen-bond acceptors (Lipinski definition) is 5. The minimum atomic E-state index is -0.220. The van der Waals surface area contributed by atoms with E-state index in [1.807, 2.05) is 13.8 Å². The number of nitrogens with zero attached hydrogens (tertiary/aromatic N) is 2. The van der Waals surface area contributed by atoms with Crippen LogP contribution in [0.15, 0.2) is 15.5 Å². The number of methoxy groups -OCH3 is 1. The Labute approximate surface area is 120 Å². The molecule has 19 heavy (non-hydrogen) atoms. The van der Waals surface area contributed by atoms with E-state index in [-0.39, 0.29) is 24.1 Å². The van der Waals surface area contributed by atoms with Crippen molar-refractivity contribution in [1.29, 1.82) is 0 Å². The summed E-state index contributed by atoms with van der Waals surface area (Å²) in [6, 6.07) is -0.118. The number of aliphatic hydroxyl groups is 1. The first-order valence-electron chi connectivity index (χ1n) is 6.13. The molecule has 0 aliphatic rings. The maximum Gasteiger partial charge on any atom is 0.283 e. The van der Waals surface area contributed by atoms with Gasteiger partial charge in [-0.2, -0.15) is 5.10 Å². The van der Waals surface area contributed by atoms with Gasteiger partial charge >= 0.3 is 0 Å². The van der Waals surface area contributed by atoms with Crippen LogP contribution in [0.1, 0.15) is 13.8 Å². The number of halogens is 1. The highest BCUT2D eigenvalue weighted by Gasteiger charge is 2.15. The van der Waals surface area contributed by atoms with Gasteiger partial charge in [0.15, 0.2) is 0 Å². The van der Waals surface area contributed by atoms with Crippen LogP contribution in [0.25, 0.3) is 0 Å². The zero-order valence-electron chi connectivity index (χ0n) is 11.4. The molecule has 108 valence electrons. The lowest BCUT2D eigenvalue weighted by Crippen LogP contribution is -2.32. The van der Waals surface area contributed by atoms with E-state index in [9.17, 15) is 9.90 Å². The Hall–Kier alpha value is -0.920. The summed E-state index contributed by atoms with van der Waals surface area (Å²) in [5.41, 5.74) is 0.369. The van der Waals surface area contributed by atoms with Crippen molar-refractivity contribution >= 4 is 21.6 Å². The Morgan fingerprint density at radius 3 is 2.79 bits per heavy atom. The second-order valence-corrected chi connectivity index (χ2v) is 5.36. The van der Waals surface area contributed by atoms with E-state index >= 15 is 0 Å². The van der Waals surface area contributed by atoms with Crippen molar-refractivity contribution < 1.29 is 9.84 Å². The normalized spacial score (nSPS) is 12.7. The van der Waals surface area contributed by atoms with Crippen LogP contribution in [0.5, 0.6) is 0 Å². The maximum atomic E-state index is 12.0. The molecule has 1 rings (SSSR count). The minimum absolute atomic E-state index is 0.00311. The highest BCUT2D eigenvalue weighted by atomic mass is 79.9. The first-order chi connectivity index (χ1) is 9.01. The predicted octanol–water partition coefficient (Wildman–Crippen LogP) is 1.08. The Bertz CT molecular complexity index is 462. The van der Waals surface area contributed by atoms with Crippen molar-refractivity contribution in [3.05, 3.63) is 21.0 Å². The van der Waals surface area contributed by atoms with E-state index in [1.165, 1.54) is 4.68 Å².